The number of pyridine rings is 2. The van der Waals surface area contributed by atoms with Gasteiger partial charge in [-0.15, -0.1) is 0 Å². The van der Waals surface area contributed by atoms with Crippen molar-refractivity contribution in [3.05, 3.63) is 58.5 Å². The van der Waals surface area contributed by atoms with E-state index < -0.39 is 0 Å². The number of anilines is 1. The van der Waals surface area contributed by atoms with Crippen LogP contribution in [0, 0.1) is 0 Å². The summed E-state index contributed by atoms with van der Waals surface area (Å²) in [4.78, 5) is 17.5. The molecule has 0 fully saturated rings. The van der Waals surface area contributed by atoms with Crippen LogP contribution in [0.2, 0.25) is 0 Å². The molecule has 0 atom stereocenters. The maximum Gasteiger partial charge on any atom is 0.263 e. The van der Waals surface area contributed by atoms with Gasteiger partial charge >= 0.3 is 0 Å². The molecule has 0 unspecified atom stereocenters. The minimum Gasteiger partial charge on any atom is -0.492 e. The summed E-state index contributed by atoms with van der Waals surface area (Å²) in [5.74, 6) is 0.691. The number of rotatable bonds is 1. The monoisotopic (exact) mass is 307 g/mol. The Balaban J connectivity index is 2.12. The molecule has 0 bridgehead atoms. The van der Waals surface area contributed by atoms with E-state index in [2.05, 4.69) is 4.98 Å². The fraction of sp³-hybridized carbons (Fsp3) is 0.222. The highest BCUT2D eigenvalue weighted by atomic mass is 16.5. The van der Waals surface area contributed by atoms with Crippen LogP contribution in [0.15, 0.2) is 47.4 Å². The zero-order valence-corrected chi connectivity index (χ0v) is 12.7. The zero-order valence-electron chi connectivity index (χ0n) is 12.7. The maximum atomic E-state index is 13.1. The second-order valence-corrected chi connectivity index (χ2v) is 5.72. The Morgan fingerprint density at radius 2 is 2.09 bits per heavy atom. The Kier molecular flexibility index (Phi) is 3.26. The number of hydrogen-bond acceptors (Lipinski definition) is 4. The van der Waals surface area contributed by atoms with Crippen LogP contribution in [0.1, 0.15) is 18.4 Å². The summed E-state index contributed by atoms with van der Waals surface area (Å²) in [6.07, 6.45) is 4.31. The van der Waals surface area contributed by atoms with Gasteiger partial charge in [-0.25, -0.2) is 4.98 Å². The maximum absolute atomic E-state index is 13.1. The van der Waals surface area contributed by atoms with Crippen LogP contribution in [0.3, 0.4) is 0 Å². The highest BCUT2D eigenvalue weighted by Gasteiger charge is 2.21. The van der Waals surface area contributed by atoms with Gasteiger partial charge in [0.15, 0.2) is 5.65 Å². The van der Waals surface area contributed by atoms with Gasteiger partial charge in [0, 0.05) is 11.9 Å². The molecule has 3 heterocycles. The lowest BCUT2D eigenvalue weighted by Gasteiger charge is -2.16. The highest BCUT2D eigenvalue weighted by Crippen LogP contribution is 2.31. The Morgan fingerprint density at radius 1 is 1.17 bits per heavy atom. The number of hydrogen-bond donors (Lipinski definition) is 1. The fourth-order valence-electron chi connectivity index (χ4n) is 3.11. The molecule has 5 nitrogen and oxygen atoms in total. The van der Waals surface area contributed by atoms with Crippen molar-refractivity contribution in [2.75, 3.05) is 12.3 Å². The first-order valence-corrected chi connectivity index (χ1v) is 7.77. The second kappa shape index (κ2) is 5.43. The van der Waals surface area contributed by atoms with Crippen molar-refractivity contribution >= 4 is 16.7 Å². The number of benzene rings is 1. The molecule has 3 aromatic rings. The summed E-state index contributed by atoms with van der Waals surface area (Å²) in [6.45, 7) is 0.638. The highest BCUT2D eigenvalue weighted by molar-refractivity contribution is 5.85. The Hall–Kier alpha value is -2.82. The summed E-state index contributed by atoms with van der Waals surface area (Å²) >= 11 is 0. The minimum absolute atomic E-state index is 0.0706. The van der Waals surface area contributed by atoms with Crippen LogP contribution in [-0.4, -0.2) is 16.2 Å². The summed E-state index contributed by atoms with van der Waals surface area (Å²) in [5, 5.41) is 0.867. The van der Waals surface area contributed by atoms with Crippen LogP contribution in [0.4, 0.5) is 5.69 Å². The normalized spacial score (nSPS) is 14.1. The molecule has 0 aliphatic carbocycles. The van der Waals surface area contributed by atoms with Gasteiger partial charge in [-0.1, -0.05) is 6.07 Å². The molecule has 0 spiro atoms. The molecule has 2 aromatic heterocycles. The van der Waals surface area contributed by atoms with E-state index in [1.165, 1.54) is 0 Å². The molecule has 4 rings (SSSR count). The van der Waals surface area contributed by atoms with Crippen LogP contribution < -0.4 is 16.0 Å². The second-order valence-electron chi connectivity index (χ2n) is 5.72. The number of nitrogen functional groups attached to an aromatic ring is 1. The standard InChI is InChI=1S/C18H17N3O2/c19-12-5-3-6-13(11-12)21-17-14(8-4-9-20-17)16-15(18(21)22)7-1-2-10-23-16/h3-6,8-9,11H,1-2,7,10,19H2. The lowest BCUT2D eigenvalue weighted by Crippen LogP contribution is -2.24. The van der Waals surface area contributed by atoms with Crippen LogP contribution in [0.25, 0.3) is 16.7 Å². The first-order chi connectivity index (χ1) is 11.3. The van der Waals surface area contributed by atoms with E-state index in [0.717, 1.165) is 35.9 Å². The fourth-order valence-corrected chi connectivity index (χ4v) is 3.11. The number of ether oxygens (including phenoxy) is 1. The van der Waals surface area contributed by atoms with E-state index in [1.54, 1.807) is 22.9 Å². The molecule has 1 aliphatic rings. The van der Waals surface area contributed by atoms with Crippen LogP contribution in [0.5, 0.6) is 5.75 Å². The molecule has 0 saturated heterocycles. The van der Waals surface area contributed by atoms with E-state index in [-0.39, 0.29) is 5.56 Å². The third-order valence-corrected chi connectivity index (χ3v) is 4.17. The largest absolute Gasteiger partial charge is 0.492 e. The van der Waals surface area contributed by atoms with Crippen LogP contribution in [-0.2, 0) is 6.42 Å². The van der Waals surface area contributed by atoms with Gasteiger partial charge in [0.25, 0.3) is 5.56 Å². The predicted molar refractivity (Wildman–Crippen MR) is 90.2 cm³/mol. The number of nitrogens with zero attached hydrogens (tertiary/aromatic N) is 2. The smallest absolute Gasteiger partial charge is 0.263 e. The Labute approximate surface area is 133 Å². The molecule has 23 heavy (non-hydrogen) atoms. The number of fused-ring (bicyclic) bond motifs is 3. The molecule has 1 aromatic carbocycles. The summed E-state index contributed by atoms with van der Waals surface area (Å²) in [6, 6.07) is 11.1. The SMILES string of the molecule is Nc1cccc(-n2c(=O)c3c(c4cccnc42)OCCCC3)c1. The summed E-state index contributed by atoms with van der Waals surface area (Å²) in [5.41, 5.74) is 8.49. The average molecular weight is 307 g/mol. The molecule has 0 amide bonds. The van der Waals surface area contributed by atoms with Gasteiger partial charge < -0.3 is 10.5 Å². The van der Waals surface area contributed by atoms with Gasteiger partial charge in [0.05, 0.1) is 23.2 Å². The quantitative estimate of drug-likeness (QED) is 0.702. The lowest BCUT2D eigenvalue weighted by molar-refractivity contribution is 0.320. The van der Waals surface area contributed by atoms with Crippen molar-refractivity contribution in [2.45, 2.75) is 19.3 Å². The van der Waals surface area contributed by atoms with E-state index in [1.807, 2.05) is 24.3 Å². The van der Waals surface area contributed by atoms with Gasteiger partial charge in [-0.3, -0.25) is 9.36 Å². The van der Waals surface area contributed by atoms with Gasteiger partial charge in [0.1, 0.15) is 5.75 Å². The molecule has 5 heteroatoms. The van der Waals surface area contributed by atoms with Crippen molar-refractivity contribution < 1.29 is 4.74 Å². The third kappa shape index (κ3) is 2.25. The molecular formula is C18H17N3O2. The topological polar surface area (TPSA) is 70.1 Å². The van der Waals surface area contributed by atoms with Gasteiger partial charge in [-0.2, -0.15) is 0 Å². The molecule has 0 radical (unpaired) electrons. The molecule has 1 aliphatic heterocycles. The first kappa shape index (κ1) is 13.8. The van der Waals surface area contributed by atoms with E-state index >= 15 is 0 Å². The first-order valence-electron chi connectivity index (χ1n) is 7.77. The van der Waals surface area contributed by atoms with Crippen molar-refractivity contribution in [3.8, 4) is 11.4 Å². The Morgan fingerprint density at radius 3 is 2.96 bits per heavy atom. The van der Waals surface area contributed by atoms with Crippen molar-refractivity contribution in [3.63, 3.8) is 0 Å². The number of aromatic nitrogens is 2. The lowest BCUT2D eigenvalue weighted by atomic mass is 10.1. The summed E-state index contributed by atoms with van der Waals surface area (Å²) in [7, 11) is 0. The van der Waals surface area contributed by atoms with Crippen LogP contribution >= 0.6 is 0 Å². The summed E-state index contributed by atoms with van der Waals surface area (Å²) < 4.78 is 7.52. The van der Waals surface area contributed by atoms with Gasteiger partial charge in [-0.05, 0) is 49.6 Å². The molecule has 116 valence electrons. The van der Waals surface area contributed by atoms with E-state index in [4.69, 9.17) is 10.5 Å². The third-order valence-electron chi connectivity index (χ3n) is 4.17. The van der Waals surface area contributed by atoms with Crippen molar-refractivity contribution in [2.24, 2.45) is 0 Å². The molecular weight excluding hydrogens is 290 g/mol. The predicted octanol–water partition coefficient (Wildman–Crippen LogP) is 2.68. The zero-order chi connectivity index (χ0) is 15.8. The van der Waals surface area contributed by atoms with E-state index in [0.29, 0.717) is 23.7 Å². The Bertz CT molecular complexity index is 947. The van der Waals surface area contributed by atoms with Gasteiger partial charge in [0.2, 0.25) is 0 Å². The van der Waals surface area contributed by atoms with Crippen molar-refractivity contribution in [1.82, 2.24) is 9.55 Å². The average Bonchev–Trinajstić information content (AvgIpc) is 2.81. The molecule has 0 saturated carbocycles. The van der Waals surface area contributed by atoms with Crippen molar-refractivity contribution in [1.29, 1.82) is 0 Å². The minimum atomic E-state index is -0.0706. The van der Waals surface area contributed by atoms with E-state index in [9.17, 15) is 4.79 Å². The number of nitrogens with two attached hydrogens (primary N) is 1. The molecule has 2 N–H and O–H groups in total.